The largest absolute Gasteiger partial charge is 0.390 e. The lowest BCUT2D eigenvalue weighted by Crippen LogP contribution is -2.37. The smallest absolute Gasteiger partial charge is 0.0690 e. The number of nitrogens with zero attached hydrogens (tertiary/aromatic N) is 1. The van der Waals surface area contributed by atoms with Gasteiger partial charge in [0.2, 0.25) is 0 Å². The van der Waals surface area contributed by atoms with Crippen LogP contribution in [0.15, 0.2) is 18.2 Å². The van der Waals surface area contributed by atoms with Crippen LogP contribution in [-0.4, -0.2) is 37.0 Å². The molecule has 0 aromatic heterocycles. The third-order valence-electron chi connectivity index (χ3n) is 3.94. The molecular formula is C15H21NO2. The number of anilines is 1. The second kappa shape index (κ2) is 4.56. The normalized spacial score (nSPS) is 22.0. The molecule has 1 aromatic carbocycles. The SMILES string of the molecule is Cc1ccc(CC2(O)CC2)c(N2CCOCC2)c1. The van der Waals surface area contributed by atoms with Crippen LogP contribution in [0.4, 0.5) is 5.69 Å². The first kappa shape index (κ1) is 12.0. The Hall–Kier alpha value is -1.06. The molecule has 2 aliphatic rings. The summed E-state index contributed by atoms with van der Waals surface area (Å²) >= 11 is 0. The van der Waals surface area contributed by atoms with Crippen LogP contribution in [0.3, 0.4) is 0 Å². The summed E-state index contributed by atoms with van der Waals surface area (Å²) in [6.07, 6.45) is 2.69. The van der Waals surface area contributed by atoms with Gasteiger partial charge < -0.3 is 14.7 Å². The molecule has 0 bridgehead atoms. The number of ether oxygens (including phenoxy) is 1. The van der Waals surface area contributed by atoms with Crippen molar-refractivity contribution in [2.45, 2.75) is 31.8 Å². The van der Waals surface area contributed by atoms with E-state index in [4.69, 9.17) is 4.74 Å². The van der Waals surface area contributed by atoms with Gasteiger partial charge in [-0.05, 0) is 37.0 Å². The Morgan fingerprint density at radius 2 is 2.00 bits per heavy atom. The zero-order valence-electron chi connectivity index (χ0n) is 11.0. The minimum atomic E-state index is -0.420. The van der Waals surface area contributed by atoms with Crippen molar-refractivity contribution in [3.8, 4) is 0 Å². The summed E-state index contributed by atoms with van der Waals surface area (Å²) < 4.78 is 5.41. The van der Waals surface area contributed by atoms with Crippen LogP contribution in [-0.2, 0) is 11.2 Å². The Labute approximate surface area is 108 Å². The first-order chi connectivity index (χ1) is 8.66. The van der Waals surface area contributed by atoms with Crippen molar-refractivity contribution < 1.29 is 9.84 Å². The average Bonchev–Trinajstić information content (AvgIpc) is 3.10. The Morgan fingerprint density at radius 1 is 1.28 bits per heavy atom. The van der Waals surface area contributed by atoms with Crippen molar-refractivity contribution in [1.29, 1.82) is 0 Å². The molecule has 1 aromatic rings. The van der Waals surface area contributed by atoms with Crippen LogP contribution in [0.2, 0.25) is 0 Å². The minimum Gasteiger partial charge on any atom is -0.390 e. The highest BCUT2D eigenvalue weighted by atomic mass is 16.5. The van der Waals surface area contributed by atoms with Gasteiger partial charge in [0.25, 0.3) is 0 Å². The van der Waals surface area contributed by atoms with E-state index < -0.39 is 5.60 Å². The predicted octanol–water partition coefficient (Wildman–Crippen LogP) is 1.90. The Kier molecular flexibility index (Phi) is 3.04. The summed E-state index contributed by atoms with van der Waals surface area (Å²) in [5, 5.41) is 10.1. The molecule has 3 heteroatoms. The van der Waals surface area contributed by atoms with Crippen LogP contribution in [0.25, 0.3) is 0 Å². The Balaban J connectivity index is 1.87. The van der Waals surface area contributed by atoms with E-state index in [1.54, 1.807) is 0 Å². The number of aryl methyl sites for hydroxylation is 1. The molecule has 1 aliphatic heterocycles. The maximum atomic E-state index is 10.1. The van der Waals surface area contributed by atoms with E-state index in [1.807, 2.05) is 0 Å². The third-order valence-corrected chi connectivity index (χ3v) is 3.94. The van der Waals surface area contributed by atoms with Gasteiger partial charge in [-0.1, -0.05) is 12.1 Å². The minimum absolute atomic E-state index is 0.420. The maximum absolute atomic E-state index is 10.1. The highest BCUT2D eigenvalue weighted by Crippen LogP contribution is 2.40. The molecule has 0 radical (unpaired) electrons. The van der Waals surface area contributed by atoms with Gasteiger partial charge in [-0.25, -0.2) is 0 Å². The zero-order valence-corrected chi connectivity index (χ0v) is 11.0. The molecule has 1 saturated heterocycles. The van der Waals surface area contributed by atoms with Crippen LogP contribution < -0.4 is 4.90 Å². The van der Waals surface area contributed by atoms with E-state index in [2.05, 4.69) is 30.0 Å². The Bertz CT molecular complexity index is 434. The van der Waals surface area contributed by atoms with Crippen molar-refractivity contribution in [3.63, 3.8) is 0 Å². The van der Waals surface area contributed by atoms with Crippen molar-refractivity contribution in [2.24, 2.45) is 0 Å². The van der Waals surface area contributed by atoms with E-state index in [9.17, 15) is 5.11 Å². The number of hydrogen-bond acceptors (Lipinski definition) is 3. The molecule has 1 saturated carbocycles. The second-order valence-corrected chi connectivity index (χ2v) is 5.63. The molecule has 1 aliphatic carbocycles. The fraction of sp³-hybridized carbons (Fsp3) is 0.600. The molecule has 0 atom stereocenters. The lowest BCUT2D eigenvalue weighted by molar-refractivity contribution is 0.122. The monoisotopic (exact) mass is 247 g/mol. The summed E-state index contributed by atoms with van der Waals surface area (Å²) in [6, 6.07) is 6.56. The second-order valence-electron chi connectivity index (χ2n) is 5.63. The molecular weight excluding hydrogens is 226 g/mol. The first-order valence-corrected chi connectivity index (χ1v) is 6.81. The predicted molar refractivity (Wildman–Crippen MR) is 72.1 cm³/mol. The molecule has 1 N–H and O–H groups in total. The molecule has 2 fully saturated rings. The highest BCUT2D eigenvalue weighted by Gasteiger charge is 2.40. The number of hydrogen-bond donors (Lipinski definition) is 1. The average molecular weight is 247 g/mol. The van der Waals surface area contributed by atoms with Crippen molar-refractivity contribution in [3.05, 3.63) is 29.3 Å². The van der Waals surface area contributed by atoms with Crippen LogP contribution in [0, 0.1) is 6.92 Å². The molecule has 98 valence electrons. The molecule has 3 nitrogen and oxygen atoms in total. The van der Waals surface area contributed by atoms with Gasteiger partial charge in [0.15, 0.2) is 0 Å². The topological polar surface area (TPSA) is 32.7 Å². The molecule has 0 amide bonds. The van der Waals surface area contributed by atoms with Gasteiger partial charge in [-0.2, -0.15) is 0 Å². The van der Waals surface area contributed by atoms with Gasteiger partial charge in [-0.15, -0.1) is 0 Å². The van der Waals surface area contributed by atoms with Gasteiger partial charge in [0.1, 0.15) is 0 Å². The summed E-state index contributed by atoms with van der Waals surface area (Å²) in [6.45, 7) is 5.64. The maximum Gasteiger partial charge on any atom is 0.0690 e. The van der Waals surface area contributed by atoms with E-state index in [0.717, 1.165) is 45.6 Å². The van der Waals surface area contributed by atoms with Gasteiger partial charge >= 0.3 is 0 Å². The van der Waals surface area contributed by atoms with E-state index in [-0.39, 0.29) is 0 Å². The Morgan fingerprint density at radius 3 is 2.67 bits per heavy atom. The fourth-order valence-corrected chi connectivity index (χ4v) is 2.60. The van der Waals surface area contributed by atoms with E-state index >= 15 is 0 Å². The number of benzene rings is 1. The molecule has 18 heavy (non-hydrogen) atoms. The van der Waals surface area contributed by atoms with Crippen molar-refractivity contribution in [2.75, 3.05) is 31.2 Å². The van der Waals surface area contributed by atoms with Crippen molar-refractivity contribution in [1.82, 2.24) is 0 Å². The quantitative estimate of drug-likeness (QED) is 0.885. The van der Waals surface area contributed by atoms with Crippen LogP contribution >= 0.6 is 0 Å². The summed E-state index contributed by atoms with van der Waals surface area (Å²) in [5.41, 5.74) is 3.43. The number of morpholine rings is 1. The van der Waals surface area contributed by atoms with Crippen molar-refractivity contribution >= 4 is 5.69 Å². The van der Waals surface area contributed by atoms with E-state index in [1.165, 1.54) is 16.8 Å². The van der Waals surface area contributed by atoms with Gasteiger partial charge in [0, 0.05) is 25.2 Å². The summed E-state index contributed by atoms with van der Waals surface area (Å²) in [4.78, 5) is 2.39. The van der Waals surface area contributed by atoms with E-state index in [0.29, 0.717) is 0 Å². The molecule has 3 rings (SSSR count). The lowest BCUT2D eigenvalue weighted by Gasteiger charge is -2.31. The lowest BCUT2D eigenvalue weighted by atomic mass is 10.0. The summed E-state index contributed by atoms with van der Waals surface area (Å²) in [5.74, 6) is 0. The van der Waals surface area contributed by atoms with Crippen LogP contribution in [0.5, 0.6) is 0 Å². The van der Waals surface area contributed by atoms with Crippen LogP contribution in [0.1, 0.15) is 24.0 Å². The fourth-order valence-electron chi connectivity index (χ4n) is 2.60. The molecule has 0 unspecified atom stereocenters. The van der Waals surface area contributed by atoms with Gasteiger partial charge in [-0.3, -0.25) is 0 Å². The highest BCUT2D eigenvalue weighted by molar-refractivity contribution is 5.56. The standard InChI is InChI=1S/C15H21NO2/c1-12-2-3-13(11-15(17)4-5-15)14(10-12)16-6-8-18-9-7-16/h2-3,10,17H,4-9,11H2,1H3. The number of aliphatic hydroxyl groups is 1. The number of rotatable bonds is 3. The third kappa shape index (κ3) is 2.52. The molecule has 1 heterocycles. The first-order valence-electron chi connectivity index (χ1n) is 6.81. The molecule has 0 spiro atoms. The summed E-state index contributed by atoms with van der Waals surface area (Å²) in [7, 11) is 0. The van der Waals surface area contributed by atoms with Gasteiger partial charge in [0.05, 0.1) is 18.8 Å². The zero-order chi connectivity index (χ0) is 12.6.